The fourth-order valence-corrected chi connectivity index (χ4v) is 2.92. The van der Waals surface area contributed by atoms with Gasteiger partial charge in [-0.25, -0.2) is 4.79 Å². The molecule has 0 unspecified atom stereocenters. The molecule has 2 rings (SSSR count). The lowest BCUT2D eigenvalue weighted by Gasteiger charge is -2.40. The van der Waals surface area contributed by atoms with Gasteiger partial charge in [0.2, 0.25) is 0 Å². The number of ether oxygens (including phenoxy) is 1. The SMILES string of the molecule is COC1(CNC(=O)NC2(CO)CCCC2)CCC1. The van der Waals surface area contributed by atoms with Crippen LogP contribution in [0.3, 0.4) is 0 Å². The van der Waals surface area contributed by atoms with Gasteiger partial charge in [0.15, 0.2) is 0 Å². The number of methoxy groups -OCH3 is 1. The molecule has 18 heavy (non-hydrogen) atoms. The van der Waals surface area contributed by atoms with Crippen LogP contribution in [-0.4, -0.2) is 42.5 Å². The summed E-state index contributed by atoms with van der Waals surface area (Å²) in [5, 5.41) is 15.2. The zero-order valence-electron chi connectivity index (χ0n) is 11.1. The Balaban J connectivity index is 1.78. The lowest BCUT2D eigenvalue weighted by atomic mass is 9.80. The summed E-state index contributed by atoms with van der Waals surface area (Å²) in [4.78, 5) is 11.9. The largest absolute Gasteiger partial charge is 0.394 e. The molecule has 0 aromatic carbocycles. The van der Waals surface area contributed by atoms with Gasteiger partial charge in [0.25, 0.3) is 0 Å². The third-order valence-corrected chi connectivity index (χ3v) is 4.51. The number of aliphatic hydroxyl groups is 1. The van der Waals surface area contributed by atoms with Crippen molar-refractivity contribution < 1.29 is 14.6 Å². The molecule has 2 saturated carbocycles. The highest BCUT2D eigenvalue weighted by Gasteiger charge is 2.38. The third kappa shape index (κ3) is 2.78. The van der Waals surface area contributed by atoms with Crippen molar-refractivity contribution in [3.8, 4) is 0 Å². The zero-order valence-corrected chi connectivity index (χ0v) is 11.1. The molecule has 5 nitrogen and oxygen atoms in total. The van der Waals surface area contributed by atoms with Gasteiger partial charge in [-0.2, -0.15) is 0 Å². The number of hydrogen-bond acceptors (Lipinski definition) is 3. The molecule has 2 amide bonds. The van der Waals surface area contributed by atoms with Crippen LogP contribution in [0.1, 0.15) is 44.9 Å². The minimum absolute atomic E-state index is 0.0237. The predicted molar refractivity (Wildman–Crippen MR) is 68.4 cm³/mol. The second-order valence-corrected chi connectivity index (χ2v) is 5.69. The summed E-state index contributed by atoms with van der Waals surface area (Å²) in [6.07, 6.45) is 7.06. The molecule has 2 aliphatic carbocycles. The predicted octanol–water partition coefficient (Wildman–Crippen LogP) is 1.16. The summed E-state index contributed by atoms with van der Waals surface area (Å²) in [6, 6.07) is -0.186. The highest BCUT2D eigenvalue weighted by Crippen LogP contribution is 2.34. The summed E-state index contributed by atoms with van der Waals surface area (Å²) < 4.78 is 5.45. The molecule has 2 fully saturated rings. The molecule has 0 saturated heterocycles. The summed E-state index contributed by atoms with van der Waals surface area (Å²) in [7, 11) is 1.70. The Labute approximate surface area is 108 Å². The van der Waals surface area contributed by atoms with Crippen LogP contribution in [-0.2, 0) is 4.74 Å². The van der Waals surface area contributed by atoms with Gasteiger partial charge in [-0.05, 0) is 32.1 Å². The molecule has 104 valence electrons. The Morgan fingerprint density at radius 1 is 1.22 bits per heavy atom. The summed E-state index contributed by atoms with van der Waals surface area (Å²) in [5.74, 6) is 0. The van der Waals surface area contributed by atoms with E-state index in [-0.39, 0.29) is 18.2 Å². The molecular formula is C13H24N2O3. The second kappa shape index (κ2) is 5.45. The molecule has 0 radical (unpaired) electrons. The summed E-state index contributed by atoms with van der Waals surface area (Å²) >= 11 is 0. The van der Waals surface area contributed by atoms with Gasteiger partial charge >= 0.3 is 6.03 Å². The first-order chi connectivity index (χ1) is 8.64. The van der Waals surface area contributed by atoms with Crippen molar-refractivity contribution in [2.24, 2.45) is 0 Å². The highest BCUT2D eigenvalue weighted by molar-refractivity contribution is 5.75. The minimum Gasteiger partial charge on any atom is -0.394 e. The van der Waals surface area contributed by atoms with E-state index in [9.17, 15) is 9.90 Å². The van der Waals surface area contributed by atoms with Gasteiger partial charge in [0, 0.05) is 13.7 Å². The Bertz CT molecular complexity index is 291. The van der Waals surface area contributed by atoms with Gasteiger partial charge in [0.05, 0.1) is 17.7 Å². The highest BCUT2D eigenvalue weighted by atomic mass is 16.5. The number of hydrogen-bond donors (Lipinski definition) is 3. The van der Waals surface area contributed by atoms with Crippen molar-refractivity contribution in [1.29, 1.82) is 0 Å². The van der Waals surface area contributed by atoms with E-state index in [2.05, 4.69) is 10.6 Å². The van der Waals surface area contributed by atoms with E-state index in [4.69, 9.17) is 4.74 Å². The fraction of sp³-hybridized carbons (Fsp3) is 0.923. The van der Waals surface area contributed by atoms with E-state index in [1.54, 1.807) is 7.11 Å². The molecule has 5 heteroatoms. The maximum atomic E-state index is 11.9. The maximum absolute atomic E-state index is 11.9. The molecule has 2 aliphatic rings. The fourth-order valence-electron chi connectivity index (χ4n) is 2.92. The summed E-state index contributed by atoms with van der Waals surface area (Å²) in [6.45, 7) is 0.576. The van der Waals surface area contributed by atoms with Crippen LogP contribution in [0.15, 0.2) is 0 Å². The Morgan fingerprint density at radius 3 is 2.33 bits per heavy atom. The van der Waals surface area contributed by atoms with Crippen LogP contribution in [0.25, 0.3) is 0 Å². The first-order valence-electron chi connectivity index (χ1n) is 6.86. The van der Waals surface area contributed by atoms with E-state index in [0.717, 1.165) is 44.9 Å². The lowest BCUT2D eigenvalue weighted by molar-refractivity contribution is -0.0675. The standard InChI is InChI=1S/C13H24N2O3/c1-18-13(7-4-8-13)9-14-11(17)15-12(10-16)5-2-3-6-12/h16H,2-10H2,1H3,(H2,14,15,17). The second-order valence-electron chi connectivity index (χ2n) is 5.69. The monoisotopic (exact) mass is 256 g/mol. The number of aliphatic hydroxyl groups excluding tert-OH is 1. The smallest absolute Gasteiger partial charge is 0.315 e. The Kier molecular flexibility index (Phi) is 4.12. The average molecular weight is 256 g/mol. The van der Waals surface area contributed by atoms with Crippen molar-refractivity contribution in [2.45, 2.75) is 56.1 Å². The number of rotatable bonds is 5. The van der Waals surface area contributed by atoms with Crippen LogP contribution in [0.5, 0.6) is 0 Å². The topological polar surface area (TPSA) is 70.6 Å². The number of amides is 2. The minimum atomic E-state index is -0.399. The number of urea groups is 1. The molecule has 0 atom stereocenters. The maximum Gasteiger partial charge on any atom is 0.315 e. The molecule has 0 spiro atoms. The van der Waals surface area contributed by atoms with Crippen molar-refractivity contribution in [1.82, 2.24) is 10.6 Å². The van der Waals surface area contributed by atoms with E-state index in [0.29, 0.717) is 6.54 Å². The molecule has 0 aliphatic heterocycles. The van der Waals surface area contributed by atoms with Gasteiger partial charge in [0.1, 0.15) is 0 Å². The molecule has 3 N–H and O–H groups in total. The molecular weight excluding hydrogens is 232 g/mol. The van der Waals surface area contributed by atoms with E-state index < -0.39 is 5.54 Å². The van der Waals surface area contributed by atoms with Crippen molar-refractivity contribution in [3.05, 3.63) is 0 Å². The van der Waals surface area contributed by atoms with Crippen molar-refractivity contribution in [2.75, 3.05) is 20.3 Å². The van der Waals surface area contributed by atoms with Gasteiger partial charge in [-0.15, -0.1) is 0 Å². The van der Waals surface area contributed by atoms with Crippen LogP contribution in [0.2, 0.25) is 0 Å². The molecule has 0 aromatic heterocycles. The lowest BCUT2D eigenvalue weighted by Crippen LogP contribution is -2.56. The van der Waals surface area contributed by atoms with Gasteiger partial charge in [-0.3, -0.25) is 0 Å². The zero-order chi connectivity index (χ0) is 13.1. The number of carbonyl (C=O) groups is 1. The van der Waals surface area contributed by atoms with E-state index in [1.165, 1.54) is 0 Å². The quantitative estimate of drug-likeness (QED) is 0.691. The third-order valence-electron chi connectivity index (χ3n) is 4.51. The Morgan fingerprint density at radius 2 is 1.89 bits per heavy atom. The van der Waals surface area contributed by atoms with Crippen molar-refractivity contribution >= 4 is 6.03 Å². The van der Waals surface area contributed by atoms with Crippen LogP contribution < -0.4 is 10.6 Å². The van der Waals surface area contributed by atoms with Gasteiger partial charge in [-0.1, -0.05) is 12.8 Å². The average Bonchev–Trinajstić information content (AvgIpc) is 2.77. The normalized spacial score (nSPS) is 24.3. The molecule has 0 aromatic rings. The Hall–Kier alpha value is -0.810. The number of nitrogens with one attached hydrogen (secondary N) is 2. The number of carbonyl (C=O) groups excluding carboxylic acids is 1. The van der Waals surface area contributed by atoms with Crippen LogP contribution in [0, 0.1) is 0 Å². The van der Waals surface area contributed by atoms with E-state index >= 15 is 0 Å². The first kappa shape index (κ1) is 13.6. The van der Waals surface area contributed by atoms with Gasteiger partial charge < -0.3 is 20.5 Å². The van der Waals surface area contributed by atoms with Crippen molar-refractivity contribution in [3.63, 3.8) is 0 Å². The van der Waals surface area contributed by atoms with Crippen LogP contribution >= 0.6 is 0 Å². The molecule has 0 bridgehead atoms. The van der Waals surface area contributed by atoms with Crippen LogP contribution in [0.4, 0.5) is 4.79 Å². The van der Waals surface area contributed by atoms with E-state index in [1.807, 2.05) is 0 Å². The first-order valence-corrected chi connectivity index (χ1v) is 6.86. The molecule has 0 heterocycles. The summed E-state index contributed by atoms with van der Waals surface area (Å²) in [5.41, 5.74) is -0.552.